The van der Waals surface area contributed by atoms with Crippen molar-refractivity contribution in [2.45, 2.75) is 26.2 Å². The van der Waals surface area contributed by atoms with Gasteiger partial charge in [-0.2, -0.15) is 5.10 Å². The van der Waals surface area contributed by atoms with Crippen LogP contribution in [0.4, 0.5) is 0 Å². The van der Waals surface area contributed by atoms with Crippen molar-refractivity contribution in [3.63, 3.8) is 0 Å². The molecule has 2 heterocycles. The highest BCUT2D eigenvalue weighted by atomic mass is 16.5. The van der Waals surface area contributed by atoms with E-state index >= 15 is 0 Å². The molecule has 1 aliphatic rings. The molecule has 0 bridgehead atoms. The van der Waals surface area contributed by atoms with Gasteiger partial charge in [0.2, 0.25) is 0 Å². The number of rotatable bonds is 7. The van der Waals surface area contributed by atoms with E-state index in [9.17, 15) is 9.59 Å². The third-order valence-corrected chi connectivity index (χ3v) is 5.57. The molecule has 1 aromatic carbocycles. The largest absolute Gasteiger partial charge is 0.383 e. The highest BCUT2D eigenvalue weighted by Crippen LogP contribution is 2.23. The summed E-state index contributed by atoms with van der Waals surface area (Å²) in [7, 11) is 3.47. The third kappa shape index (κ3) is 5.44. The first-order valence-electron chi connectivity index (χ1n) is 10.1. The van der Waals surface area contributed by atoms with E-state index in [0.29, 0.717) is 30.3 Å². The first-order valence-corrected chi connectivity index (χ1v) is 10.1. The molecule has 0 atom stereocenters. The average molecular weight is 399 g/mol. The summed E-state index contributed by atoms with van der Waals surface area (Å²) in [5.41, 5.74) is 3.40. The minimum atomic E-state index is -0.0785. The molecule has 3 rings (SSSR count). The number of nitrogens with zero attached hydrogens (tertiary/aromatic N) is 3. The Morgan fingerprint density at radius 1 is 1.21 bits per heavy atom. The molecule has 0 unspecified atom stereocenters. The first kappa shape index (κ1) is 21.0. The van der Waals surface area contributed by atoms with Crippen molar-refractivity contribution in [1.29, 1.82) is 0 Å². The smallest absolute Gasteiger partial charge is 0.274 e. The molecule has 0 spiro atoms. The fraction of sp³-hybridized carbons (Fsp3) is 0.500. The van der Waals surface area contributed by atoms with Crippen LogP contribution in [0, 0.1) is 12.8 Å². The van der Waals surface area contributed by atoms with Gasteiger partial charge in [-0.05, 0) is 55.9 Å². The Morgan fingerprint density at radius 2 is 1.90 bits per heavy atom. The molecule has 0 aliphatic carbocycles. The molecule has 1 aliphatic heterocycles. The molecule has 1 N–H and O–H groups in total. The van der Waals surface area contributed by atoms with Crippen molar-refractivity contribution in [2.24, 2.45) is 13.0 Å². The van der Waals surface area contributed by atoms with Gasteiger partial charge < -0.3 is 15.0 Å². The van der Waals surface area contributed by atoms with Gasteiger partial charge in [-0.1, -0.05) is 12.1 Å². The standard InChI is InChI=1S/C22H30N4O3/c1-16-14-20(24-25(16)2)22(28)26-11-8-18(9-12-26)15-17-4-6-19(7-5-17)21(27)23-10-13-29-3/h4-7,14,18H,8-13,15H2,1-3H3,(H,23,27). The predicted octanol–water partition coefficient (Wildman–Crippen LogP) is 2.20. The Labute approximate surface area is 172 Å². The van der Waals surface area contributed by atoms with E-state index < -0.39 is 0 Å². The summed E-state index contributed by atoms with van der Waals surface area (Å²) in [6.45, 7) is 4.49. The molecule has 0 radical (unpaired) electrons. The van der Waals surface area contributed by atoms with Crippen LogP contribution in [0.1, 0.15) is 44.9 Å². The van der Waals surface area contributed by atoms with Gasteiger partial charge in [0.25, 0.3) is 11.8 Å². The third-order valence-electron chi connectivity index (χ3n) is 5.57. The van der Waals surface area contributed by atoms with E-state index in [2.05, 4.69) is 10.4 Å². The van der Waals surface area contributed by atoms with Gasteiger partial charge in [0.15, 0.2) is 5.69 Å². The van der Waals surface area contributed by atoms with E-state index in [0.717, 1.165) is 38.0 Å². The predicted molar refractivity (Wildman–Crippen MR) is 111 cm³/mol. The number of piperidine rings is 1. The topological polar surface area (TPSA) is 76.5 Å². The molecule has 1 aromatic heterocycles. The zero-order valence-electron chi connectivity index (χ0n) is 17.5. The van der Waals surface area contributed by atoms with Crippen LogP contribution in [-0.2, 0) is 18.2 Å². The van der Waals surface area contributed by atoms with Crippen molar-refractivity contribution in [1.82, 2.24) is 20.0 Å². The van der Waals surface area contributed by atoms with Crippen LogP contribution in [-0.4, -0.2) is 59.8 Å². The second kappa shape index (κ2) is 9.69. The summed E-state index contributed by atoms with van der Waals surface area (Å²) in [4.78, 5) is 26.6. The maximum atomic E-state index is 12.6. The molecule has 1 saturated heterocycles. The van der Waals surface area contributed by atoms with Gasteiger partial charge in [0.05, 0.1) is 6.61 Å². The lowest BCUT2D eigenvalue weighted by Crippen LogP contribution is -2.39. The van der Waals surface area contributed by atoms with Crippen molar-refractivity contribution >= 4 is 11.8 Å². The van der Waals surface area contributed by atoms with E-state index in [4.69, 9.17) is 4.74 Å². The van der Waals surface area contributed by atoms with Gasteiger partial charge in [0, 0.05) is 45.0 Å². The molecule has 7 heteroatoms. The van der Waals surface area contributed by atoms with E-state index in [1.807, 2.05) is 49.2 Å². The monoisotopic (exact) mass is 398 g/mol. The Balaban J connectivity index is 1.48. The number of amides is 2. The number of nitrogens with one attached hydrogen (secondary N) is 1. The van der Waals surface area contributed by atoms with Crippen LogP contribution in [0.3, 0.4) is 0 Å². The lowest BCUT2D eigenvalue weighted by atomic mass is 9.90. The average Bonchev–Trinajstić information content (AvgIpc) is 3.07. The van der Waals surface area contributed by atoms with Gasteiger partial charge >= 0.3 is 0 Å². The maximum absolute atomic E-state index is 12.6. The van der Waals surface area contributed by atoms with Crippen molar-refractivity contribution < 1.29 is 14.3 Å². The zero-order valence-corrected chi connectivity index (χ0v) is 17.5. The van der Waals surface area contributed by atoms with Crippen LogP contribution in [0.2, 0.25) is 0 Å². The molecular formula is C22H30N4O3. The van der Waals surface area contributed by atoms with Gasteiger partial charge in [-0.3, -0.25) is 14.3 Å². The van der Waals surface area contributed by atoms with E-state index in [-0.39, 0.29) is 11.8 Å². The Hall–Kier alpha value is -2.67. The second-order valence-corrected chi connectivity index (χ2v) is 7.68. The molecule has 0 saturated carbocycles. The minimum absolute atomic E-state index is 0.0241. The summed E-state index contributed by atoms with van der Waals surface area (Å²) in [5.74, 6) is 0.493. The normalized spacial score (nSPS) is 14.8. The molecule has 156 valence electrons. The Kier molecular flexibility index (Phi) is 7.04. The van der Waals surface area contributed by atoms with Crippen LogP contribution in [0.5, 0.6) is 0 Å². The summed E-state index contributed by atoms with van der Waals surface area (Å²) in [6.07, 6.45) is 2.93. The number of methoxy groups -OCH3 is 1. The van der Waals surface area contributed by atoms with Crippen LogP contribution < -0.4 is 5.32 Å². The number of benzene rings is 1. The Morgan fingerprint density at radius 3 is 2.48 bits per heavy atom. The minimum Gasteiger partial charge on any atom is -0.383 e. The molecule has 7 nitrogen and oxygen atoms in total. The van der Waals surface area contributed by atoms with Gasteiger partial charge in [-0.15, -0.1) is 0 Å². The van der Waals surface area contributed by atoms with Gasteiger partial charge in [0.1, 0.15) is 0 Å². The number of carbonyl (C=O) groups excluding carboxylic acids is 2. The lowest BCUT2D eigenvalue weighted by molar-refractivity contribution is 0.0683. The highest BCUT2D eigenvalue weighted by Gasteiger charge is 2.25. The number of carbonyl (C=O) groups is 2. The van der Waals surface area contributed by atoms with Crippen molar-refractivity contribution in [3.05, 3.63) is 52.8 Å². The number of aromatic nitrogens is 2. The molecule has 29 heavy (non-hydrogen) atoms. The number of aryl methyl sites for hydroxylation is 2. The number of likely N-dealkylation sites (tertiary alicyclic amines) is 1. The summed E-state index contributed by atoms with van der Waals surface area (Å²) >= 11 is 0. The fourth-order valence-electron chi connectivity index (χ4n) is 3.66. The number of hydrogen-bond donors (Lipinski definition) is 1. The molecule has 2 aromatic rings. The lowest BCUT2D eigenvalue weighted by Gasteiger charge is -2.31. The quantitative estimate of drug-likeness (QED) is 0.726. The number of hydrogen-bond acceptors (Lipinski definition) is 4. The van der Waals surface area contributed by atoms with Crippen molar-refractivity contribution in [3.8, 4) is 0 Å². The van der Waals surface area contributed by atoms with Crippen LogP contribution in [0.15, 0.2) is 30.3 Å². The highest BCUT2D eigenvalue weighted by molar-refractivity contribution is 5.94. The maximum Gasteiger partial charge on any atom is 0.274 e. The number of ether oxygens (including phenoxy) is 1. The zero-order chi connectivity index (χ0) is 20.8. The second-order valence-electron chi connectivity index (χ2n) is 7.68. The summed E-state index contributed by atoms with van der Waals surface area (Å²) in [6, 6.07) is 9.65. The molecular weight excluding hydrogens is 368 g/mol. The van der Waals surface area contributed by atoms with E-state index in [1.165, 1.54) is 5.56 Å². The van der Waals surface area contributed by atoms with Crippen LogP contribution in [0.25, 0.3) is 0 Å². The molecule has 2 amide bonds. The van der Waals surface area contributed by atoms with E-state index in [1.54, 1.807) is 11.8 Å². The summed E-state index contributed by atoms with van der Waals surface area (Å²) in [5, 5.41) is 7.13. The van der Waals surface area contributed by atoms with Gasteiger partial charge in [-0.25, -0.2) is 0 Å². The first-order chi connectivity index (χ1) is 14.0. The SMILES string of the molecule is COCCNC(=O)c1ccc(CC2CCN(C(=O)c3cc(C)n(C)n3)CC2)cc1. The Bertz CT molecular complexity index is 817. The summed E-state index contributed by atoms with van der Waals surface area (Å²) < 4.78 is 6.68. The van der Waals surface area contributed by atoms with Crippen molar-refractivity contribution in [2.75, 3.05) is 33.4 Å². The fourth-order valence-corrected chi connectivity index (χ4v) is 3.66. The molecule has 1 fully saturated rings. The van der Waals surface area contributed by atoms with Crippen LogP contribution >= 0.6 is 0 Å².